The third-order valence-electron chi connectivity index (χ3n) is 2.88. The molecule has 0 aliphatic heterocycles. The molecule has 7 heteroatoms. The zero-order valence-electron chi connectivity index (χ0n) is 12.6. The fourth-order valence-corrected chi connectivity index (χ4v) is 1.94. The van der Waals surface area contributed by atoms with Crippen LogP contribution in [0.2, 0.25) is 0 Å². The number of rotatable bonds is 8. The highest BCUT2D eigenvalue weighted by atomic mass is 16.6. The van der Waals surface area contributed by atoms with Crippen molar-refractivity contribution in [1.29, 1.82) is 0 Å². The highest BCUT2D eigenvalue weighted by Crippen LogP contribution is 2.27. The summed E-state index contributed by atoms with van der Waals surface area (Å²) in [5, 5.41) is 17.4. The lowest BCUT2D eigenvalue weighted by Gasteiger charge is -2.15. The molecule has 2 N–H and O–H groups in total. The molecule has 1 unspecified atom stereocenters. The van der Waals surface area contributed by atoms with E-state index in [1.807, 2.05) is 13.8 Å². The number of hydrogen-bond donors (Lipinski definition) is 2. The van der Waals surface area contributed by atoms with Gasteiger partial charge in [-0.05, 0) is 26.7 Å². The Hall–Kier alpha value is -1.92. The first kappa shape index (κ1) is 16.1. The molecule has 0 radical (unpaired) electrons. The molecule has 0 fully saturated rings. The van der Waals surface area contributed by atoms with Gasteiger partial charge in [-0.25, -0.2) is 4.98 Å². The molecule has 0 saturated carbocycles. The molecule has 112 valence electrons. The largest absolute Gasteiger partial charge is 0.362 e. The summed E-state index contributed by atoms with van der Waals surface area (Å²) in [5.41, 5.74) is 0.324. The molecule has 0 spiro atoms. The summed E-state index contributed by atoms with van der Waals surface area (Å²) in [5.74, 6) is 0.725. The minimum atomic E-state index is -0.431. The van der Waals surface area contributed by atoms with Crippen molar-refractivity contribution >= 4 is 17.5 Å². The minimum absolute atomic E-state index is 0.0463. The molecular formula is C13H23N5O2. The maximum absolute atomic E-state index is 11.2. The van der Waals surface area contributed by atoms with Crippen molar-refractivity contribution in [2.24, 2.45) is 0 Å². The lowest BCUT2D eigenvalue weighted by molar-refractivity contribution is -0.385. The molecule has 0 amide bonds. The van der Waals surface area contributed by atoms with Gasteiger partial charge in [0.1, 0.15) is 5.69 Å². The van der Waals surface area contributed by atoms with Crippen LogP contribution < -0.4 is 10.6 Å². The van der Waals surface area contributed by atoms with E-state index in [-0.39, 0.29) is 11.7 Å². The Kier molecular flexibility index (Phi) is 6.14. The number of nitrogens with zero attached hydrogens (tertiary/aromatic N) is 3. The molecule has 20 heavy (non-hydrogen) atoms. The maximum Gasteiger partial charge on any atom is 0.332 e. The third-order valence-corrected chi connectivity index (χ3v) is 2.88. The molecular weight excluding hydrogens is 258 g/mol. The molecule has 1 atom stereocenters. The quantitative estimate of drug-likeness (QED) is 0.561. The molecule has 0 bridgehead atoms. The lowest BCUT2D eigenvalue weighted by Crippen LogP contribution is -2.18. The third kappa shape index (κ3) is 4.32. The molecule has 1 aromatic heterocycles. The van der Waals surface area contributed by atoms with Crippen molar-refractivity contribution in [3.63, 3.8) is 0 Å². The Balaban J connectivity index is 3.08. The van der Waals surface area contributed by atoms with E-state index >= 15 is 0 Å². The maximum atomic E-state index is 11.2. The van der Waals surface area contributed by atoms with Crippen LogP contribution in [0.4, 0.5) is 17.5 Å². The van der Waals surface area contributed by atoms with Gasteiger partial charge >= 0.3 is 5.69 Å². The van der Waals surface area contributed by atoms with Crippen LogP contribution in [0.5, 0.6) is 0 Å². The van der Waals surface area contributed by atoms with Crippen LogP contribution >= 0.6 is 0 Å². The lowest BCUT2D eigenvalue weighted by atomic mass is 10.2. The number of aryl methyl sites for hydroxylation is 1. The molecule has 0 aromatic carbocycles. The van der Waals surface area contributed by atoms with E-state index in [2.05, 4.69) is 27.5 Å². The molecule has 0 aliphatic carbocycles. The van der Waals surface area contributed by atoms with E-state index in [1.54, 1.807) is 6.92 Å². The van der Waals surface area contributed by atoms with E-state index in [0.717, 1.165) is 25.8 Å². The van der Waals surface area contributed by atoms with E-state index in [0.29, 0.717) is 17.5 Å². The first-order valence-electron chi connectivity index (χ1n) is 7.03. The topological polar surface area (TPSA) is 93.0 Å². The Morgan fingerprint density at radius 2 is 2.00 bits per heavy atom. The molecule has 1 heterocycles. The second-order valence-corrected chi connectivity index (χ2v) is 4.85. The Bertz CT molecular complexity index is 464. The monoisotopic (exact) mass is 281 g/mol. The van der Waals surface area contributed by atoms with Crippen LogP contribution in [0, 0.1) is 17.0 Å². The van der Waals surface area contributed by atoms with Gasteiger partial charge in [0.05, 0.1) is 4.92 Å². The van der Waals surface area contributed by atoms with Gasteiger partial charge in [0.15, 0.2) is 0 Å². The van der Waals surface area contributed by atoms with Crippen molar-refractivity contribution in [3.05, 3.63) is 15.8 Å². The van der Waals surface area contributed by atoms with Gasteiger partial charge in [-0.2, -0.15) is 4.98 Å². The summed E-state index contributed by atoms with van der Waals surface area (Å²) in [4.78, 5) is 19.1. The fraction of sp³-hybridized carbons (Fsp3) is 0.692. The van der Waals surface area contributed by atoms with Crippen molar-refractivity contribution in [1.82, 2.24) is 9.97 Å². The standard InChI is InChI=1S/C13H23N5O2/c1-5-7-9(3)15-12-11(18(19)20)10(4)16-13(17-12)14-8-6-2/h9H,5-8H2,1-4H3,(H2,14,15,16,17). The number of aromatic nitrogens is 2. The first-order valence-corrected chi connectivity index (χ1v) is 7.03. The van der Waals surface area contributed by atoms with Crippen LogP contribution in [-0.2, 0) is 0 Å². The van der Waals surface area contributed by atoms with Crippen molar-refractivity contribution < 1.29 is 4.92 Å². The van der Waals surface area contributed by atoms with Gasteiger partial charge in [-0.15, -0.1) is 0 Å². The van der Waals surface area contributed by atoms with Gasteiger partial charge in [0.25, 0.3) is 0 Å². The molecule has 0 aliphatic rings. The fourth-order valence-electron chi connectivity index (χ4n) is 1.94. The predicted octanol–water partition coefficient (Wildman–Crippen LogP) is 3.12. The van der Waals surface area contributed by atoms with Crippen molar-refractivity contribution in [2.45, 2.75) is 53.0 Å². The van der Waals surface area contributed by atoms with Gasteiger partial charge in [-0.1, -0.05) is 20.3 Å². The summed E-state index contributed by atoms with van der Waals surface area (Å²) < 4.78 is 0. The van der Waals surface area contributed by atoms with E-state index in [4.69, 9.17) is 0 Å². The Morgan fingerprint density at radius 1 is 1.30 bits per heavy atom. The highest BCUT2D eigenvalue weighted by Gasteiger charge is 2.22. The summed E-state index contributed by atoms with van der Waals surface area (Å²) in [6, 6.07) is 0.132. The normalized spacial score (nSPS) is 12.0. The predicted molar refractivity (Wildman–Crippen MR) is 80.2 cm³/mol. The van der Waals surface area contributed by atoms with E-state index < -0.39 is 4.92 Å². The average Bonchev–Trinajstić information content (AvgIpc) is 2.35. The smallest absolute Gasteiger partial charge is 0.332 e. The summed E-state index contributed by atoms with van der Waals surface area (Å²) in [6.45, 7) is 8.47. The molecule has 1 aromatic rings. The first-order chi connectivity index (χ1) is 9.49. The molecule has 0 saturated heterocycles. The van der Waals surface area contributed by atoms with Gasteiger partial charge < -0.3 is 10.6 Å². The highest BCUT2D eigenvalue weighted by molar-refractivity contribution is 5.61. The zero-order valence-corrected chi connectivity index (χ0v) is 12.6. The van der Waals surface area contributed by atoms with Crippen LogP contribution in [-0.4, -0.2) is 27.5 Å². The minimum Gasteiger partial charge on any atom is -0.362 e. The van der Waals surface area contributed by atoms with E-state index in [9.17, 15) is 10.1 Å². The number of nitro groups is 1. The van der Waals surface area contributed by atoms with Crippen molar-refractivity contribution in [3.8, 4) is 0 Å². The number of nitrogens with one attached hydrogen (secondary N) is 2. The van der Waals surface area contributed by atoms with Crippen LogP contribution in [0.1, 0.15) is 45.7 Å². The average molecular weight is 281 g/mol. The van der Waals surface area contributed by atoms with Gasteiger partial charge in [0.2, 0.25) is 11.8 Å². The van der Waals surface area contributed by atoms with E-state index in [1.165, 1.54) is 0 Å². The summed E-state index contributed by atoms with van der Waals surface area (Å²) in [7, 11) is 0. The second-order valence-electron chi connectivity index (χ2n) is 4.85. The SMILES string of the molecule is CCCNc1nc(C)c([N+](=O)[O-])c(NC(C)CCC)n1. The van der Waals surface area contributed by atoms with Crippen LogP contribution in [0.15, 0.2) is 0 Å². The Morgan fingerprint density at radius 3 is 2.55 bits per heavy atom. The number of hydrogen-bond acceptors (Lipinski definition) is 6. The van der Waals surface area contributed by atoms with Gasteiger partial charge in [0, 0.05) is 12.6 Å². The number of anilines is 2. The second kappa shape index (κ2) is 7.62. The molecule has 1 rings (SSSR count). The Labute approximate surface area is 119 Å². The summed E-state index contributed by atoms with van der Waals surface area (Å²) >= 11 is 0. The van der Waals surface area contributed by atoms with Crippen molar-refractivity contribution in [2.75, 3.05) is 17.2 Å². The van der Waals surface area contributed by atoms with Crippen LogP contribution in [0.3, 0.4) is 0 Å². The summed E-state index contributed by atoms with van der Waals surface area (Å²) in [6.07, 6.45) is 2.87. The van der Waals surface area contributed by atoms with Crippen LogP contribution in [0.25, 0.3) is 0 Å². The zero-order chi connectivity index (χ0) is 15.1. The van der Waals surface area contributed by atoms with Gasteiger partial charge in [-0.3, -0.25) is 10.1 Å². The molecule has 7 nitrogen and oxygen atoms in total.